The molecule has 144 valence electrons. The number of nitrogens with one attached hydrogen (secondary N) is 2. The summed E-state index contributed by atoms with van der Waals surface area (Å²) in [7, 11) is -4.36. The quantitative estimate of drug-likeness (QED) is 0.616. The van der Waals surface area contributed by atoms with Crippen LogP contribution < -0.4 is 10.0 Å². The summed E-state index contributed by atoms with van der Waals surface area (Å²) >= 11 is 0. The zero-order valence-electron chi connectivity index (χ0n) is 13.4. The van der Waals surface area contributed by atoms with Crippen LogP contribution in [0.4, 0.5) is 13.2 Å². The number of carboxylic acids is 1. The maximum atomic E-state index is 12.7. The molecule has 26 heavy (non-hydrogen) atoms. The number of carboxylic acid groups (broad SMARTS) is 1. The van der Waals surface area contributed by atoms with Crippen LogP contribution in [0.15, 0.2) is 29.2 Å². The van der Waals surface area contributed by atoms with Crippen LogP contribution in [0.2, 0.25) is 0 Å². The first kappa shape index (κ1) is 20.2. The lowest BCUT2D eigenvalue weighted by atomic mass is 10.1. The van der Waals surface area contributed by atoms with Gasteiger partial charge in [-0.05, 0) is 30.5 Å². The van der Waals surface area contributed by atoms with Gasteiger partial charge in [-0.3, -0.25) is 4.79 Å². The summed E-state index contributed by atoms with van der Waals surface area (Å²) in [5.41, 5.74) is -1.14. The Kier molecular flexibility index (Phi) is 5.91. The Hall–Kier alpha value is -2.14. The lowest BCUT2D eigenvalue weighted by Crippen LogP contribution is -2.45. The van der Waals surface area contributed by atoms with Crippen molar-refractivity contribution in [1.29, 1.82) is 0 Å². The van der Waals surface area contributed by atoms with Gasteiger partial charge in [-0.2, -0.15) is 13.2 Å². The fraction of sp³-hybridized carbons (Fsp3) is 0.467. The van der Waals surface area contributed by atoms with Gasteiger partial charge in [0.25, 0.3) is 0 Å². The third kappa shape index (κ3) is 5.70. The molecule has 0 spiro atoms. The normalized spacial score (nSPS) is 16.1. The number of aliphatic carboxylic acids is 1. The Labute approximate surface area is 147 Å². The van der Waals surface area contributed by atoms with E-state index in [2.05, 4.69) is 5.32 Å². The van der Waals surface area contributed by atoms with Crippen molar-refractivity contribution in [3.63, 3.8) is 0 Å². The lowest BCUT2D eigenvalue weighted by Gasteiger charge is -2.14. The molecule has 1 aromatic rings. The Balaban J connectivity index is 1.98. The molecule has 1 aliphatic rings. The number of rotatable bonds is 8. The molecule has 3 N–H and O–H groups in total. The third-order valence-electron chi connectivity index (χ3n) is 3.79. The van der Waals surface area contributed by atoms with Crippen LogP contribution in [-0.2, 0) is 25.8 Å². The number of carbonyl (C=O) groups excluding carboxylic acids is 1. The van der Waals surface area contributed by atoms with E-state index in [-0.39, 0.29) is 12.3 Å². The summed E-state index contributed by atoms with van der Waals surface area (Å²) in [5.74, 6) is -1.89. The molecule has 0 aromatic heterocycles. The van der Waals surface area contributed by atoms with Gasteiger partial charge < -0.3 is 10.4 Å². The highest BCUT2D eigenvalue weighted by Crippen LogP contribution is 2.33. The van der Waals surface area contributed by atoms with Crippen LogP contribution in [0.1, 0.15) is 24.8 Å². The number of hydrogen-bond donors (Lipinski definition) is 3. The number of alkyl halides is 3. The first-order valence-electron chi connectivity index (χ1n) is 7.68. The highest BCUT2D eigenvalue weighted by Gasteiger charge is 2.32. The second-order valence-corrected chi connectivity index (χ2v) is 7.75. The fourth-order valence-corrected chi connectivity index (χ4v) is 3.26. The van der Waals surface area contributed by atoms with Gasteiger partial charge in [0, 0.05) is 0 Å². The summed E-state index contributed by atoms with van der Waals surface area (Å²) in [6.45, 7) is -0.785. The molecular weight excluding hydrogens is 377 g/mol. The van der Waals surface area contributed by atoms with Crippen LogP contribution in [0, 0.1) is 5.92 Å². The van der Waals surface area contributed by atoms with Crippen molar-refractivity contribution in [3.05, 3.63) is 29.8 Å². The SMILES string of the molecule is O=C(CNS(=O)(=O)c1cccc(C(F)(F)F)c1)NC(CC1CC1)C(=O)O. The minimum Gasteiger partial charge on any atom is -0.480 e. The zero-order valence-corrected chi connectivity index (χ0v) is 14.2. The third-order valence-corrected chi connectivity index (χ3v) is 5.19. The number of halogens is 3. The van der Waals surface area contributed by atoms with Crippen LogP contribution in [0.5, 0.6) is 0 Å². The van der Waals surface area contributed by atoms with Gasteiger partial charge >= 0.3 is 12.1 Å². The molecule has 11 heteroatoms. The van der Waals surface area contributed by atoms with Crippen LogP contribution in [-0.4, -0.2) is 38.0 Å². The first-order valence-corrected chi connectivity index (χ1v) is 9.16. The van der Waals surface area contributed by atoms with E-state index < -0.39 is 51.1 Å². The summed E-state index contributed by atoms with van der Waals surface area (Å²) < 4.78 is 64.0. The smallest absolute Gasteiger partial charge is 0.416 e. The van der Waals surface area contributed by atoms with Crippen molar-refractivity contribution >= 4 is 21.9 Å². The number of carbonyl (C=O) groups is 2. The van der Waals surface area contributed by atoms with Gasteiger partial charge in [0.05, 0.1) is 17.0 Å². The fourth-order valence-electron chi connectivity index (χ4n) is 2.24. The first-order chi connectivity index (χ1) is 12.0. The van der Waals surface area contributed by atoms with Gasteiger partial charge in [-0.15, -0.1) is 0 Å². The minimum atomic E-state index is -4.71. The maximum Gasteiger partial charge on any atom is 0.416 e. The lowest BCUT2D eigenvalue weighted by molar-refractivity contribution is -0.142. The standard InChI is InChI=1S/C15H17F3N2O5S/c16-15(17,18)10-2-1-3-11(7-10)26(24,25)19-8-13(21)20-12(14(22)23)6-9-4-5-9/h1-3,7,9,12,19H,4-6,8H2,(H,20,21)(H,22,23). The van der Waals surface area contributed by atoms with Crippen LogP contribution in [0.3, 0.4) is 0 Å². The number of benzene rings is 1. The van der Waals surface area contributed by atoms with E-state index in [0.29, 0.717) is 6.07 Å². The monoisotopic (exact) mass is 394 g/mol. The number of amides is 1. The van der Waals surface area contributed by atoms with E-state index in [1.807, 2.05) is 4.72 Å². The summed E-state index contributed by atoms with van der Waals surface area (Å²) in [6, 6.07) is 1.94. The van der Waals surface area contributed by atoms with Gasteiger partial charge in [-0.1, -0.05) is 18.9 Å². The maximum absolute atomic E-state index is 12.7. The molecule has 0 saturated heterocycles. The highest BCUT2D eigenvalue weighted by molar-refractivity contribution is 7.89. The Morgan fingerprint density at radius 2 is 1.92 bits per heavy atom. The Morgan fingerprint density at radius 3 is 2.46 bits per heavy atom. The second kappa shape index (κ2) is 7.62. The van der Waals surface area contributed by atoms with E-state index in [0.717, 1.165) is 31.0 Å². The molecule has 1 amide bonds. The van der Waals surface area contributed by atoms with Crippen molar-refractivity contribution < 1.29 is 36.3 Å². The van der Waals surface area contributed by atoms with Crippen molar-refractivity contribution in [1.82, 2.24) is 10.0 Å². The average molecular weight is 394 g/mol. The summed E-state index contributed by atoms with van der Waals surface area (Å²) in [4.78, 5) is 22.2. The van der Waals surface area contributed by atoms with Gasteiger partial charge in [0.15, 0.2) is 0 Å². The van der Waals surface area contributed by atoms with E-state index in [1.54, 1.807) is 0 Å². The number of sulfonamides is 1. The molecule has 1 aliphatic carbocycles. The van der Waals surface area contributed by atoms with E-state index >= 15 is 0 Å². The largest absolute Gasteiger partial charge is 0.480 e. The van der Waals surface area contributed by atoms with Crippen LogP contribution in [0.25, 0.3) is 0 Å². The van der Waals surface area contributed by atoms with E-state index in [1.165, 1.54) is 0 Å². The van der Waals surface area contributed by atoms with Gasteiger partial charge in [0.1, 0.15) is 6.04 Å². The van der Waals surface area contributed by atoms with Crippen molar-refractivity contribution in [2.24, 2.45) is 5.92 Å². The second-order valence-electron chi connectivity index (χ2n) is 5.99. The topological polar surface area (TPSA) is 113 Å². The molecule has 0 radical (unpaired) electrons. The molecule has 1 fully saturated rings. The highest BCUT2D eigenvalue weighted by atomic mass is 32.2. The van der Waals surface area contributed by atoms with Crippen molar-refractivity contribution in [2.45, 2.75) is 36.4 Å². The Morgan fingerprint density at radius 1 is 1.27 bits per heavy atom. The summed E-state index contributed by atoms with van der Waals surface area (Å²) in [5, 5.41) is 11.3. The molecule has 0 aliphatic heterocycles. The van der Waals surface area contributed by atoms with Crippen molar-refractivity contribution in [2.75, 3.05) is 6.54 Å². The number of hydrogen-bond acceptors (Lipinski definition) is 4. The molecule has 1 unspecified atom stereocenters. The van der Waals surface area contributed by atoms with Gasteiger partial charge in [0.2, 0.25) is 15.9 Å². The van der Waals surface area contributed by atoms with E-state index in [4.69, 9.17) is 5.11 Å². The van der Waals surface area contributed by atoms with E-state index in [9.17, 15) is 31.2 Å². The predicted molar refractivity (Wildman–Crippen MR) is 83.5 cm³/mol. The minimum absolute atomic E-state index is 0.221. The molecular formula is C15H17F3N2O5S. The Bertz CT molecular complexity index is 791. The van der Waals surface area contributed by atoms with Crippen molar-refractivity contribution in [3.8, 4) is 0 Å². The summed E-state index contributed by atoms with van der Waals surface area (Å²) in [6.07, 6.45) is -2.70. The molecule has 0 bridgehead atoms. The molecule has 2 rings (SSSR count). The zero-order chi connectivity index (χ0) is 19.5. The molecule has 0 heterocycles. The average Bonchev–Trinajstić information content (AvgIpc) is 3.36. The molecule has 7 nitrogen and oxygen atoms in total. The van der Waals surface area contributed by atoms with Crippen LogP contribution >= 0.6 is 0 Å². The van der Waals surface area contributed by atoms with Gasteiger partial charge in [-0.25, -0.2) is 17.9 Å². The molecule has 1 aromatic carbocycles. The molecule has 1 atom stereocenters. The predicted octanol–water partition coefficient (Wildman–Crippen LogP) is 1.35. The molecule has 1 saturated carbocycles.